The third-order valence-electron chi connectivity index (χ3n) is 7.97. The molecule has 6 rings (SSSR count). The molecule has 3 aromatic heterocycles. The lowest BCUT2D eigenvalue weighted by atomic mass is 9.97. The standard InChI is InChI=1S/C24H28F5N9O/c1-35(2)14-10-36(11-14)20-15-8-30-16(7-18(15)38(34-20)13-24(27,28)29)19-17(9-31-33-19)32-21(39)37-12-23(25,26)6-5-22(37)3-4-22/h7-9,14H,3-6,10-13H2,1-2H3,(H,31,33)(H,32,39). The molecule has 1 aliphatic carbocycles. The van der Waals surface area contributed by atoms with Crippen LogP contribution in [0.15, 0.2) is 18.5 Å². The van der Waals surface area contributed by atoms with E-state index in [4.69, 9.17) is 0 Å². The monoisotopic (exact) mass is 553 g/mol. The molecule has 15 heteroatoms. The molecule has 210 valence electrons. The Hall–Kier alpha value is -3.49. The quantitative estimate of drug-likeness (QED) is 0.465. The van der Waals surface area contributed by atoms with Crippen molar-refractivity contribution in [2.24, 2.45) is 0 Å². The minimum absolute atomic E-state index is 0.190. The van der Waals surface area contributed by atoms with Gasteiger partial charge in [0.1, 0.15) is 12.2 Å². The highest BCUT2D eigenvalue weighted by atomic mass is 19.4. The number of carbonyl (C=O) groups is 1. The molecule has 1 saturated carbocycles. The number of amides is 2. The number of alkyl halides is 5. The van der Waals surface area contributed by atoms with E-state index in [0.29, 0.717) is 37.1 Å². The summed E-state index contributed by atoms with van der Waals surface area (Å²) in [6, 6.07) is 1.06. The number of hydrogen-bond donors (Lipinski definition) is 2. The molecule has 0 bridgehead atoms. The number of anilines is 2. The van der Waals surface area contributed by atoms with Crippen LogP contribution in [0.3, 0.4) is 0 Å². The molecule has 39 heavy (non-hydrogen) atoms. The van der Waals surface area contributed by atoms with Gasteiger partial charge in [0, 0.05) is 37.3 Å². The molecular weight excluding hydrogens is 525 g/mol. The van der Waals surface area contributed by atoms with Crippen molar-refractivity contribution in [1.82, 2.24) is 34.8 Å². The molecule has 0 aromatic carbocycles. The van der Waals surface area contributed by atoms with Gasteiger partial charge in [-0.05, 0) is 39.4 Å². The second-order valence-electron chi connectivity index (χ2n) is 11.0. The average Bonchev–Trinajstić information content (AvgIpc) is 3.32. The number of fused-ring (bicyclic) bond motifs is 1. The first kappa shape index (κ1) is 25.8. The minimum Gasteiger partial charge on any atom is -0.351 e. The first-order valence-corrected chi connectivity index (χ1v) is 12.7. The van der Waals surface area contributed by atoms with E-state index in [-0.39, 0.29) is 41.5 Å². The number of nitrogens with one attached hydrogen (secondary N) is 2. The van der Waals surface area contributed by atoms with E-state index in [0.717, 1.165) is 4.68 Å². The zero-order valence-electron chi connectivity index (χ0n) is 21.4. The fourth-order valence-corrected chi connectivity index (χ4v) is 5.41. The summed E-state index contributed by atoms with van der Waals surface area (Å²) >= 11 is 0. The summed E-state index contributed by atoms with van der Waals surface area (Å²) in [5, 5.41) is 14.1. The predicted octanol–water partition coefficient (Wildman–Crippen LogP) is 3.93. The van der Waals surface area contributed by atoms with Crippen molar-refractivity contribution in [2.45, 2.75) is 55.9 Å². The smallest absolute Gasteiger partial charge is 0.351 e. The van der Waals surface area contributed by atoms with Gasteiger partial charge in [0.05, 0.1) is 35.0 Å². The molecule has 2 aliphatic heterocycles. The van der Waals surface area contributed by atoms with E-state index >= 15 is 0 Å². The van der Waals surface area contributed by atoms with Gasteiger partial charge in [-0.3, -0.25) is 14.8 Å². The maximum absolute atomic E-state index is 14.1. The van der Waals surface area contributed by atoms with Gasteiger partial charge in [0.2, 0.25) is 0 Å². The maximum atomic E-state index is 14.1. The second-order valence-corrected chi connectivity index (χ2v) is 11.0. The number of carbonyl (C=O) groups excluding carboxylic acids is 1. The van der Waals surface area contributed by atoms with Crippen LogP contribution in [-0.2, 0) is 6.54 Å². The van der Waals surface area contributed by atoms with Crippen LogP contribution in [0.25, 0.3) is 22.3 Å². The molecule has 3 aromatic rings. The summed E-state index contributed by atoms with van der Waals surface area (Å²) in [6.07, 6.45) is -0.390. The zero-order chi connectivity index (χ0) is 27.7. The van der Waals surface area contributed by atoms with Crippen molar-refractivity contribution in [3.8, 4) is 11.4 Å². The number of piperidine rings is 1. The molecular formula is C24H28F5N9O. The largest absolute Gasteiger partial charge is 0.408 e. The number of pyridine rings is 1. The van der Waals surface area contributed by atoms with E-state index in [2.05, 4.69) is 25.6 Å². The van der Waals surface area contributed by atoms with Crippen LogP contribution in [0.1, 0.15) is 25.7 Å². The van der Waals surface area contributed by atoms with Crippen molar-refractivity contribution < 1.29 is 26.7 Å². The van der Waals surface area contributed by atoms with Gasteiger partial charge in [-0.25, -0.2) is 13.6 Å². The highest BCUT2D eigenvalue weighted by molar-refractivity contribution is 5.96. The second kappa shape index (κ2) is 8.76. The Labute approximate surface area is 220 Å². The van der Waals surface area contributed by atoms with Crippen LogP contribution >= 0.6 is 0 Å². The Bertz CT molecular complexity index is 1400. The van der Waals surface area contributed by atoms with Gasteiger partial charge in [0.25, 0.3) is 5.92 Å². The SMILES string of the molecule is CN(C)C1CN(c2nn(CC(F)(F)F)c3cc(-c4[nH]ncc4NC(=O)N4CC(F)(F)CCC45CC5)ncc23)C1. The Balaban J connectivity index is 1.30. The summed E-state index contributed by atoms with van der Waals surface area (Å²) in [6.45, 7) is -0.697. The number of rotatable bonds is 5. The van der Waals surface area contributed by atoms with E-state index in [9.17, 15) is 26.7 Å². The maximum Gasteiger partial charge on any atom is 0.408 e. The number of urea groups is 1. The number of halogens is 5. The molecule has 2 saturated heterocycles. The van der Waals surface area contributed by atoms with Crippen LogP contribution in [-0.4, -0.2) is 98.2 Å². The average molecular weight is 554 g/mol. The summed E-state index contributed by atoms with van der Waals surface area (Å²) < 4.78 is 69.4. The lowest BCUT2D eigenvalue weighted by Crippen LogP contribution is -2.57. The molecule has 3 aliphatic rings. The molecule has 0 unspecified atom stereocenters. The first-order chi connectivity index (χ1) is 18.3. The summed E-state index contributed by atoms with van der Waals surface area (Å²) in [5.74, 6) is -2.54. The fourth-order valence-electron chi connectivity index (χ4n) is 5.41. The van der Waals surface area contributed by atoms with Crippen molar-refractivity contribution >= 4 is 28.4 Å². The van der Waals surface area contributed by atoms with Gasteiger partial charge in [-0.1, -0.05) is 0 Å². The third kappa shape index (κ3) is 4.76. The fraction of sp³-hybridized carbons (Fsp3) is 0.583. The minimum atomic E-state index is -4.50. The summed E-state index contributed by atoms with van der Waals surface area (Å²) in [5.41, 5.74) is 0.340. The van der Waals surface area contributed by atoms with Crippen molar-refractivity contribution in [2.75, 3.05) is 43.9 Å². The van der Waals surface area contributed by atoms with Gasteiger partial charge in [-0.15, -0.1) is 0 Å². The van der Waals surface area contributed by atoms with Gasteiger partial charge in [-0.2, -0.15) is 23.4 Å². The molecule has 2 amide bonds. The van der Waals surface area contributed by atoms with Gasteiger partial charge in [0.15, 0.2) is 5.82 Å². The molecule has 3 fully saturated rings. The van der Waals surface area contributed by atoms with Gasteiger partial charge >= 0.3 is 12.2 Å². The van der Waals surface area contributed by atoms with Gasteiger partial charge < -0.3 is 20.0 Å². The van der Waals surface area contributed by atoms with E-state index in [1.165, 1.54) is 23.4 Å². The lowest BCUT2D eigenvalue weighted by molar-refractivity contribution is -0.141. The van der Waals surface area contributed by atoms with Crippen molar-refractivity contribution in [3.05, 3.63) is 18.5 Å². The first-order valence-electron chi connectivity index (χ1n) is 12.7. The zero-order valence-corrected chi connectivity index (χ0v) is 21.4. The number of hydrogen-bond acceptors (Lipinski definition) is 6. The van der Waals surface area contributed by atoms with Crippen molar-refractivity contribution in [1.29, 1.82) is 0 Å². The molecule has 0 radical (unpaired) electrons. The Morgan fingerprint density at radius 2 is 1.90 bits per heavy atom. The highest BCUT2D eigenvalue weighted by Crippen LogP contribution is 2.51. The van der Waals surface area contributed by atoms with Crippen LogP contribution in [0, 0.1) is 0 Å². The van der Waals surface area contributed by atoms with E-state index in [1.54, 1.807) is 0 Å². The normalized spacial score (nSPS) is 20.6. The van der Waals surface area contributed by atoms with E-state index < -0.39 is 36.8 Å². The number of likely N-dealkylation sites (N-methyl/N-ethyl adjacent to an activating group) is 1. The lowest BCUT2D eigenvalue weighted by Gasteiger charge is -2.43. The Morgan fingerprint density at radius 3 is 2.56 bits per heavy atom. The number of H-pyrrole nitrogens is 1. The van der Waals surface area contributed by atoms with Crippen LogP contribution in [0.4, 0.5) is 38.3 Å². The number of likely N-dealkylation sites (tertiary alicyclic amines) is 1. The van der Waals surface area contributed by atoms with Crippen LogP contribution in [0.5, 0.6) is 0 Å². The topological polar surface area (TPSA) is 98.2 Å². The number of nitrogens with zero attached hydrogens (tertiary/aromatic N) is 7. The molecule has 10 nitrogen and oxygen atoms in total. The van der Waals surface area contributed by atoms with E-state index in [1.807, 2.05) is 23.9 Å². The van der Waals surface area contributed by atoms with Crippen LogP contribution < -0.4 is 10.2 Å². The molecule has 0 atom stereocenters. The Morgan fingerprint density at radius 1 is 1.18 bits per heavy atom. The molecule has 5 heterocycles. The molecule has 1 spiro atoms. The third-order valence-corrected chi connectivity index (χ3v) is 7.97. The molecule has 2 N–H and O–H groups in total. The highest BCUT2D eigenvalue weighted by Gasteiger charge is 2.57. The predicted molar refractivity (Wildman–Crippen MR) is 133 cm³/mol. The number of aromatic amines is 1. The summed E-state index contributed by atoms with van der Waals surface area (Å²) in [4.78, 5) is 22.7. The summed E-state index contributed by atoms with van der Waals surface area (Å²) in [7, 11) is 3.89. The van der Waals surface area contributed by atoms with Crippen LogP contribution in [0.2, 0.25) is 0 Å². The number of aromatic nitrogens is 5. The van der Waals surface area contributed by atoms with Crippen molar-refractivity contribution in [3.63, 3.8) is 0 Å². The Kier molecular flexibility index (Phi) is 5.79.